The van der Waals surface area contributed by atoms with Crippen LogP contribution in [0.1, 0.15) is 17.5 Å². The number of nitrogens with zero attached hydrogens (tertiary/aromatic N) is 2. The highest BCUT2D eigenvalue weighted by molar-refractivity contribution is 5.81. The predicted molar refractivity (Wildman–Crippen MR) is 72.9 cm³/mol. The molecular formula is C15H17N3O. The Morgan fingerprint density at radius 2 is 2.32 bits per heavy atom. The Labute approximate surface area is 113 Å². The summed E-state index contributed by atoms with van der Waals surface area (Å²) < 4.78 is 0. The molecule has 0 radical (unpaired) electrons. The number of hydrogen-bond acceptors (Lipinski definition) is 3. The summed E-state index contributed by atoms with van der Waals surface area (Å²) in [6, 6.07) is 9.40. The van der Waals surface area contributed by atoms with Crippen molar-refractivity contribution in [3.8, 4) is 6.07 Å². The van der Waals surface area contributed by atoms with Gasteiger partial charge in [-0.3, -0.25) is 4.79 Å². The number of nitrogens with two attached hydrogens (primary N) is 1. The van der Waals surface area contributed by atoms with Gasteiger partial charge in [-0.15, -0.1) is 0 Å². The third-order valence-corrected chi connectivity index (χ3v) is 3.29. The van der Waals surface area contributed by atoms with Gasteiger partial charge in [-0.25, -0.2) is 0 Å². The van der Waals surface area contributed by atoms with E-state index in [2.05, 4.69) is 6.07 Å². The Bertz CT molecular complexity index is 545. The van der Waals surface area contributed by atoms with Crippen LogP contribution < -0.4 is 5.73 Å². The minimum atomic E-state index is -0.112. The lowest BCUT2D eigenvalue weighted by atomic mass is 10.1. The van der Waals surface area contributed by atoms with Crippen LogP contribution in [0, 0.1) is 17.2 Å². The molecular weight excluding hydrogens is 238 g/mol. The fraction of sp³-hybridized carbons (Fsp3) is 0.333. The van der Waals surface area contributed by atoms with Gasteiger partial charge in [0.2, 0.25) is 5.91 Å². The van der Waals surface area contributed by atoms with Crippen LogP contribution in [0.5, 0.6) is 0 Å². The van der Waals surface area contributed by atoms with Crippen LogP contribution in [0.15, 0.2) is 36.4 Å². The summed E-state index contributed by atoms with van der Waals surface area (Å²) in [6.07, 6.45) is 4.45. The quantitative estimate of drug-likeness (QED) is 0.830. The molecule has 98 valence electrons. The molecule has 0 aromatic heterocycles. The lowest BCUT2D eigenvalue weighted by Crippen LogP contribution is -2.32. The number of nitriles is 1. The monoisotopic (exact) mass is 255 g/mol. The highest BCUT2D eigenvalue weighted by Gasteiger charge is 2.25. The van der Waals surface area contributed by atoms with Crippen molar-refractivity contribution in [1.82, 2.24) is 4.90 Å². The molecule has 19 heavy (non-hydrogen) atoms. The molecule has 4 heteroatoms. The van der Waals surface area contributed by atoms with Crippen LogP contribution >= 0.6 is 0 Å². The van der Waals surface area contributed by atoms with Gasteiger partial charge >= 0.3 is 0 Å². The molecule has 1 aliphatic rings. The van der Waals surface area contributed by atoms with Gasteiger partial charge in [0.05, 0.1) is 17.6 Å². The van der Waals surface area contributed by atoms with E-state index in [0.717, 1.165) is 5.56 Å². The number of rotatable bonds is 3. The third kappa shape index (κ3) is 3.21. The van der Waals surface area contributed by atoms with Crippen LogP contribution in [0.25, 0.3) is 0 Å². The van der Waals surface area contributed by atoms with E-state index in [9.17, 15) is 4.79 Å². The molecule has 4 nitrogen and oxygen atoms in total. The van der Waals surface area contributed by atoms with Crippen molar-refractivity contribution in [2.75, 3.05) is 7.05 Å². The van der Waals surface area contributed by atoms with E-state index in [1.165, 1.54) is 0 Å². The average molecular weight is 255 g/mol. The predicted octanol–water partition coefficient (Wildman–Crippen LogP) is 1.42. The number of carbonyl (C=O) groups is 1. The van der Waals surface area contributed by atoms with Crippen molar-refractivity contribution >= 4 is 5.91 Å². The second-order valence-corrected chi connectivity index (χ2v) is 4.90. The van der Waals surface area contributed by atoms with Gasteiger partial charge in [-0.1, -0.05) is 24.3 Å². The van der Waals surface area contributed by atoms with E-state index in [-0.39, 0.29) is 17.9 Å². The second kappa shape index (κ2) is 5.68. The van der Waals surface area contributed by atoms with Crippen LogP contribution in [0.2, 0.25) is 0 Å². The summed E-state index contributed by atoms with van der Waals surface area (Å²) >= 11 is 0. The first kappa shape index (κ1) is 13.3. The molecule has 0 saturated carbocycles. The fourth-order valence-electron chi connectivity index (χ4n) is 2.28. The van der Waals surface area contributed by atoms with Crippen LogP contribution in [0.3, 0.4) is 0 Å². The number of carbonyl (C=O) groups excluding carboxylic acids is 1. The Kier molecular flexibility index (Phi) is 3.98. The summed E-state index contributed by atoms with van der Waals surface area (Å²) in [6.45, 7) is 0.508. The van der Waals surface area contributed by atoms with E-state index >= 15 is 0 Å². The topological polar surface area (TPSA) is 70.1 Å². The molecule has 2 N–H and O–H groups in total. The maximum atomic E-state index is 12.2. The molecule has 1 aromatic carbocycles. The summed E-state index contributed by atoms with van der Waals surface area (Å²) in [7, 11) is 1.78. The number of hydrogen-bond donors (Lipinski definition) is 1. The van der Waals surface area contributed by atoms with Gasteiger partial charge < -0.3 is 10.6 Å². The van der Waals surface area contributed by atoms with Gasteiger partial charge in [0, 0.05) is 19.6 Å². The van der Waals surface area contributed by atoms with Gasteiger partial charge in [0.1, 0.15) is 0 Å². The van der Waals surface area contributed by atoms with E-state index in [4.69, 9.17) is 11.0 Å². The minimum Gasteiger partial charge on any atom is -0.341 e. The van der Waals surface area contributed by atoms with E-state index in [1.807, 2.05) is 24.3 Å². The average Bonchev–Trinajstić information content (AvgIpc) is 2.84. The van der Waals surface area contributed by atoms with Crippen LogP contribution in [-0.4, -0.2) is 23.9 Å². The second-order valence-electron chi connectivity index (χ2n) is 4.90. The van der Waals surface area contributed by atoms with Crippen molar-refractivity contribution in [2.45, 2.75) is 19.0 Å². The van der Waals surface area contributed by atoms with Gasteiger partial charge in [-0.05, 0) is 24.1 Å². The molecule has 1 aliphatic carbocycles. The zero-order valence-corrected chi connectivity index (χ0v) is 10.9. The molecule has 2 rings (SSSR count). The smallest absolute Gasteiger partial charge is 0.229 e. The van der Waals surface area contributed by atoms with E-state index in [1.54, 1.807) is 24.1 Å². The molecule has 0 aliphatic heterocycles. The largest absolute Gasteiger partial charge is 0.341 e. The summed E-state index contributed by atoms with van der Waals surface area (Å²) in [4.78, 5) is 13.9. The maximum Gasteiger partial charge on any atom is 0.229 e. The summed E-state index contributed by atoms with van der Waals surface area (Å²) in [5.41, 5.74) is 7.33. The first-order chi connectivity index (χ1) is 9.10. The Morgan fingerprint density at radius 1 is 1.53 bits per heavy atom. The molecule has 2 unspecified atom stereocenters. The molecule has 0 heterocycles. The molecule has 1 aromatic rings. The molecule has 2 atom stereocenters. The highest BCUT2D eigenvalue weighted by atomic mass is 16.2. The number of benzene rings is 1. The maximum absolute atomic E-state index is 12.2. The van der Waals surface area contributed by atoms with Crippen molar-refractivity contribution < 1.29 is 4.79 Å². The lowest BCUT2D eigenvalue weighted by Gasteiger charge is -2.20. The van der Waals surface area contributed by atoms with Crippen LogP contribution in [-0.2, 0) is 11.3 Å². The Hall–Kier alpha value is -2.12. The normalized spacial score (nSPS) is 21.1. The third-order valence-electron chi connectivity index (χ3n) is 3.29. The van der Waals surface area contributed by atoms with Crippen molar-refractivity contribution in [3.63, 3.8) is 0 Å². The standard InChI is InChI=1S/C15H17N3O/c1-18(15(19)13-5-6-14(17)8-13)10-12-4-2-3-11(7-12)9-16/h2-7,13-14H,8,10,17H2,1H3. The zero-order chi connectivity index (χ0) is 13.8. The molecule has 0 spiro atoms. The minimum absolute atomic E-state index is 0.00994. The van der Waals surface area contributed by atoms with Gasteiger partial charge in [-0.2, -0.15) is 5.26 Å². The van der Waals surface area contributed by atoms with Crippen molar-refractivity contribution in [2.24, 2.45) is 11.7 Å². The fourth-order valence-corrected chi connectivity index (χ4v) is 2.28. The summed E-state index contributed by atoms with van der Waals surface area (Å²) in [5.74, 6) is -0.0364. The summed E-state index contributed by atoms with van der Waals surface area (Å²) in [5, 5.41) is 8.85. The molecule has 0 saturated heterocycles. The molecule has 0 fully saturated rings. The Morgan fingerprint density at radius 3 is 2.95 bits per heavy atom. The number of amides is 1. The first-order valence-corrected chi connectivity index (χ1v) is 6.28. The zero-order valence-electron chi connectivity index (χ0n) is 10.9. The first-order valence-electron chi connectivity index (χ1n) is 6.28. The van der Waals surface area contributed by atoms with E-state index < -0.39 is 0 Å². The van der Waals surface area contributed by atoms with E-state index in [0.29, 0.717) is 18.5 Å². The SMILES string of the molecule is CN(Cc1cccc(C#N)c1)C(=O)C1C=CC(N)C1. The van der Waals surface area contributed by atoms with Crippen LogP contribution in [0.4, 0.5) is 0 Å². The lowest BCUT2D eigenvalue weighted by molar-refractivity contribution is -0.133. The highest BCUT2D eigenvalue weighted by Crippen LogP contribution is 2.19. The van der Waals surface area contributed by atoms with Gasteiger partial charge in [0.15, 0.2) is 0 Å². The van der Waals surface area contributed by atoms with Gasteiger partial charge in [0.25, 0.3) is 0 Å². The van der Waals surface area contributed by atoms with Crippen molar-refractivity contribution in [3.05, 3.63) is 47.5 Å². The molecule has 1 amide bonds. The Balaban J connectivity index is 2.00. The molecule has 0 bridgehead atoms. The van der Waals surface area contributed by atoms with Crippen molar-refractivity contribution in [1.29, 1.82) is 5.26 Å².